The highest BCUT2D eigenvalue weighted by molar-refractivity contribution is 5.92. The molecule has 0 N–H and O–H groups in total. The first-order valence-corrected chi connectivity index (χ1v) is 19.3. The second-order valence-electron chi connectivity index (χ2n) is 14.6. The Kier molecular flexibility index (Phi) is 11.3. The van der Waals surface area contributed by atoms with Gasteiger partial charge in [-0.3, -0.25) is 0 Å². The first kappa shape index (κ1) is 38.0. The fraction of sp³-hybridized carbons (Fsp3) is 0.185. The van der Waals surface area contributed by atoms with Crippen molar-refractivity contribution >= 4 is 5.57 Å². The van der Waals surface area contributed by atoms with Crippen molar-refractivity contribution in [2.45, 2.75) is 58.3 Å². The van der Waals surface area contributed by atoms with Crippen molar-refractivity contribution < 1.29 is 0 Å². The van der Waals surface area contributed by atoms with Gasteiger partial charge < -0.3 is 0 Å². The quantitative estimate of drug-likeness (QED) is 0.165. The van der Waals surface area contributed by atoms with Crippen LogP contribution in [-0.4, -0.2) is 0 Å². The van der Waals surface area contributed by atoms with Crippen molar-refractivity contribution in [1.29, 1.82) is 0 Å². The summed E-state index contributed by atoms with van der Waals surface area (Å²) in [5.74, 6) is 0.257. The molecule has 54 heavy (non-hydrogen) atoms. The average molecular weight is 703 g/mol. The molecule has 3 unspecified atom stereocenters. The maximum atomic E-state index is 4.67. The highest BCUT2D eigenvalue weighted by Gasteiger charge is 2.52. The zero-order valence-electron chi connectivity index (χ0n) is 32.8. The molecular formula is C54H54. The van der Waals surface area contributed by atoms with E-state index >= 15 is 0 Å². The molecule has 0 fully saturated rings. The molecule has 3 aromatic rings. The molecule has 0 saturated carbocycles. The molecule has 3 aliphatic carbocycles. The first-order chi connectivity index (χ1) is 26.2. The van der Waals surface area contributed by atoms with Gasteiger partial charge in [-0.15, -0.1) is 0 Å². The summed E-state index contributed by atoms with van der Waals surface area (Å²) >= 11 is 0. The third-order valence-electron chi connectivity index (χ3n) is 11.9. The lowest BCUT2D eigenvalue weighted by molar-refractivity contribution is 0.413. The minimum atomic E-state index is -0.446. The number of allylic oxidation sites excluding steroid dienone is 22. The Labute approximate surface area is 325 Å². The molecule has 6 rings (SSSR count). The van der Waals surface area contributed by atoms with Crippen LogP contribution < -0.4 is 0 Å². The molecule has 0 heterocycles. The monoisotopic (exact) mass is 702 g/mol. The van der Waals surface area contributed by atoms with Crippen LogP contribution in [0.2, 0.25) is 0 Å². The van der Waals surface area contributed by atoms with Gasteiger partial charge in [-0.25, -0.2) is 0 Å². The van der Waals surface area contributed by atoms with Crippen LogP contribution in [0.4, 0.5) is 0 Å². The molecule has 0 radical (unpaired) electrons. The minimum absolute atomic E-state index is 0.257. The SMILES string of the molecule is C=CC(=C(\C=C)C(C)(c1ccccc1)C1C=CC=CC1)/C(C=C)=C/C=C(\C)c1ccc2c(c1)C1(C(/C=C\C)=C(C)C(=C)/C1=C\C=C/CC)c1ccccc1-2. The van der Waals surface area contributed by atoms with Crippen molar-refractivity contribution in [2.24, 2.45) is 5.92 Å². The van der Waals surface area contributed by atoms with Crippen LogP contribution in [0.5, 0.6) is 0 Å². The van der Waals surface area contributed by atoms with E-state index in [0.717, 1.165) is 35.1 Å². The van der Waals surface area contributed by atoms with Gasteiger partial charge in [0, 0.05) is 5.41 Å². The molecule has 3 atom stereocenters. The van der Waals surface area contributed by atoms with Crippen LogP contribution in [0.1, 0.15) is 69.7 Å². The summed E-state index contributed by atoms with van der Waals surface area (Å²) in [7, 11) is 0. The van der Waals surface area contributed by atoms with Crippen LogP contribution in [0.15, 0.2) is 223 Å². The van der Waals surface area contributed by atoms with Gasteiger partial charge in [-0.2, -0.15) is 0 Å². The lowest BCUT2D eigenvalue weighted by Crippen LogP contribution is -2.34. The van der Waals surface area contributed by atoms with Crippen molar-refractivity contribution in [3.8, 4) is 11.1 Å². The van der Waals surface area contributed by atoms with E-state index in [1.54, 1.807) is 0 Å². The van der Waals surface area contributed by atoms with Crippen LogP contribution in [0, 0.1) is 5.92 Å². The summed E-state index contributed by atoms with van der Waals surface area (Å²) < 4.78 is 0. The van der Waals surface area contributed by atoms with Crippen molar-refractivity contribution in [1.82, 2.24) is 0 Å². The lowest BCUT2D eigenvalue weighted by atomic mass is 9.63. The molecule has 0 heteroatoms. The predicted octanol–water partition coefficient (Wildman–Crippen LogP) is 14.6. The third-order valence-corrected chi connectivity index (χ3v) is 11.9. The fourth-order valence-corrected chi connectivity index (χ4v) is 8.99. The summed E-state index contributed by atoms with van der Waals surface area (Å²) in [5, 5.41) is 0. The van der Waals surface area contributed by atoms with E-state index in [2.05, 4.69) is 201 Å². The van der Waals surface area contributed by atoms with Crippen LogP contribution >= 0.6 is 0 Å². The van der Waals surface area contributed by atoms with Gasteiger partial charge in [0.2, 0.25) is 0 Å². The zero-order valence-corrected chi connectivity index (χ0v) is 32.8. The van der Waals surface area contributed by atoms with Crippen molar-refractivity contribution in [2.75, 3.05) is 0 Å². The summed E-state index contributed by atoms with van der Waals surface area (Å²) in [4.78, 5) is 0. The molecular weight excluding hydrogens is 649 g/mol. The Balaban J connectivity index is 1.52. The highest BCUT2D eigenvalue weighted by Crippen LogP contribution is 2.63. The molecule has 3 aliphatic rings. The largest absolute Gasteiger partial charge is 0.0987 e. The average Bonchev–Trinajstić information content (AvgIpc) is 3.61. The topological polar surface area (TPSA) is 0 Å². The van der Waals surface area contributed by atoms with E-state index in [0.29, 0.717) is 0 Å². The second-order valence-corrected chi connectivity index (χ2v) is 14.6. The van der Waals surface area contributed by atoms with E-state index in [1.807, 2.05) is 18.2 Å². The van der Waals surface area contributed by atoms with Crippen LogP contribution in [0.3, 0.4) is 0 Å². The third kappa shape index (κ3) is 6.24. The molecule has 0 saturated heterocycles. The van der Waals surface area contributed by atoms with E-state index in [1.165, 1.54) is 55.7 Å². The van der Waals surface area contributed by atoms with Crippen molar-refractivity contribution in [3.63, 3.8) is 0 Å². The van der Waals surface area contributed by atoms with Crippen molar-refractivity contribution in [3.05, 3.63) is 245 Å². The van der Waals surface area contributed by atoms with Gasteiger partial charge in [-0.05, 0) is 124 Å². The van der Waals surface area contributed by atoms with Gasteiger partial charge in [0.1, 0.15) is 0 Å². The smallest absolute Gasteiger partial charge is 0.0722 e. The van der Waals surface area contributed by atoms with Crippen LogP contribution in [-0.2, 0) is 10.8 Å². The van der Waals surface area contributed by atoms with E-state index in [9.17, 15) is 0 Å². The molecule has 1 spiro atoms. The molecule has 270 valence electrons. The molecule has 0 bridgehead atoms. The van der Waals surface area contributed by atoms with Gasteiger partial charge in [0.05, 0.1) is 5.41 Å². The highest BCUT2D eigenvalue weighted by atomic mass is 14.5. The Morgan fingerprint density at radius 1 is 0.889 bits per heavy atom. The van der Waals surface area contributed by atoms with E-state index in [4.69, 9.17) is 0 Å². The maximum Gasteiger partial charge on any atom is 0.0722 e. The maximum absolute atomic E-state index is 4.67. The minimum Gasteiger partial charge on any atom is -0.0987 e. The summed E-state index contributed by atoms with van der Waals surface area (Å²) in [6.45, 7) is 28.7. The molecule has 0 aromatic heterocycles. The van der Waals surface area contributed by atoms with Gasteiger partial charge >= 0.3 is 0 Å². The second kappa shape index (κ2) is 16.1. The number of benzene rings is 3. The van der Waals surface area contributed by atoms with Crippen LogP contribution in [0.25, 0.3) is 16.7 Å². The summed E-state index contributed by atoms with van der Waals surface area (Å²) in [6, 6.07) is 26.7. The number of rotatable bonds is 12. The standard InChI is InChI=1S/C54H54/c1-10-15-18-31-50-40(8)39(7)49(25-11-2)54(50)51-32-24-23-30-46(51)47-36-35-42(37-52(47)54)38(6)33-34-41(12-3)45(13-4)48(14-5)53(9,43-26-19-16-20-27-43)44-28-21-17-22-29-44/h11-28,30-37,44H,3-5,8,10,29H2,1-2,6-7,9H3/b18-15-,25-11-,38-33+,41-34+,48-45-,50-31+. The molecule has 0 amide bonds. The molecule has 3 aromatic carbocycles. The predicted molar refractivity (Wildman–Crippen MR) is 236 cm³/mol. The summed E-state index contributed by atoms with van der Waals surface area (Å²) in [5.41, 5.74) is 16.1. The molecule has 0 nitrogen and oxygen atoms in total. The Morgan fingerprint density at radius 3 is 2.30 bits per heavy atom. The first-order valence-electron chi connectivity index (χ1n) is 19.3. The lowest BCUT2D eigenvalue weighted by Gasteiger charge is -2.40. The number of hydrogen-bond donors (Lipinski definition) is 0. The Morgan fingerprint density at radius 2 is 1.63 bits per heavy atom. The number of hydrogen-bond acceptors (Lipinski definition) is 0. The Bertz CT molecular complexity index is 2280. The zero-order chi connectivity index (χ0) is 38.5. The number of fused-ring (bicyclic) bond motifs is 5. The van der Waals surface area contributed by atoms with E-state index in [-0.39, 0.29) is 11.3 Å². The van der Waals surface area contributed by atoms with Gasteiger partial charge in [0.25, 0.3) is 0 Å². The Hall–Kier alpha value is -5.72. The normalized spacial score (nSPS) is 21.9. The fourth-order valence-electron chi connectivity index (χ4n) is 8.99. The summed E-state index contributed by atoms with van der Waals surface area (Å²) in [6.07, 6.45) is 32.4. The molecule has 0 aliphatic heterocycles. The van der Waals surface area contributed by atoms with Gasteiger partial charge in [0.15, 0.2) is 0 Å². The van der Waals surface area contributed by atoms with E-state index < -0.39 is 5.41 Å². The van der Waals surface area contributed by atoms with Gasteiger partial charge in [-0.1, -0.05) is 192 Å².